The molecule has 0 radical (unpaired) electrons. The first kappa shape index (κ1) is 18.0. The fraction of sp³-hybridized carbons (Fsp3) is 0.316. The Bertz CT molecular complexity index is 935. The second-order valence-corrected chi connectivity index (χ2v) is 6.62. The van der Waals surface area contributed by atoms with Gasteiger partial charge in [0.1, 0.15) is 11.6 Å². The van der Waals surface area contributed by atoms with Gasteiger partial charge in [-0.3, -0.25) is 4.79 Å². The summed E-state index contributed by atoms with van der Waals surface area (Å²) < 4.78 is 14.3. The second kappa shape index (κ2) is 7.61. The van der Waals surface area contributed by atoms with E-state index in [0.29, 0.717) is 29.1 Å². The van der Waals surface area contributed by atoms with E-state index in [1.807, 2.05) is 32.0 Å². The number of aromatic amines is 1. The summed E-state index contributed by atoms with van der Waals surface area (Å²) in [5.41, 5.74) is 3.11. The lowest BCUT2D eigenvalue weighted by Gasteiger charge is -2.10. The number of amides is 1. The van der Waals surface area contributed by atoms with Crippen LogP contribution in [0, 0.1) is 12.7 Å². The first-order chi connectivity index (χ1) is 12.4. The van der Waals surface area contributed by atoms with Gasteiger partial charge in [0.05, 0.1) is 11.1 Å². The van der Waals surface area contributed by atoms with Crippen LogP contribution < -0.4 is 5.32 Å². The molecule has 136 valence electrons. The molecule has 1 amide bonds. The number of carbonyl (C=O) groups excluding carboxylic acids is 1. The molecule has 0 fully saturated rings. The maximum atomic E-state index is 14.3. The molecule has 3 rings (SSSR count). The number of imidazole rings is 1. The third kappa shape index (κ3) is 4.23. The van der Waals surface area contributed by atoms with Crippen molar-refractivity contribution < 1.29 is 9.18 Å². The number of carbonyl (C=O) groups is 1. The summed E-state index contributed by atoms with van der Waals surface area (Å²) in [7, 11) is 3.93. The van der Waals surface area contributed by atoms with Crippen LogP contribution in [0.4, 0.5) is 10.1 Å². The van der Waals surface area contributed by atoms with E-state index in [2.05, 4.69) is 20.3 Å². The molecular weight excluding hydrogens is 333 g/mol. The third-order valence-corrected chi connectivity index (χ3v) is 3.99. The van der Waals surface area contributed by atoms with Crippen molar-refractivity contribution in [3.63, 3.8) is 0 Å². The Hall–Kier alpha value is -2.80. The van der Waals surface area contributed by atoms with E-state index < -0.39 is 5.82 Å². The van der Waals surface area contributed by atoms with Crippen LogP contribution in [0.25, 0.3) is 22.6 Å². The van der Waals surface area contributed by atoms with Crippen molar-refractivity contribution in [3.05, 3.63) is 41.8 Å². The molecule has 6 nitrogen and oxygen atoms in total. The number of fused-ring (bicyclic) bond motifs is 1. The van der Waals surface area contributed by atoms with Gasteiger partial charge in [-0.1, -0.05) is 0 Å². The van der Waals surface area contributed by atoms with Crippen molar-refractivity contribution in [3.8, 4) is 11.4 Å². The predicted molar refractivity (Wildman–Crippen MR) is 100 cm³/mol. The monoisotopic (exact) mass is 355 g/mol. The normalized spacial score (nSPS) is 11.3. The Morgan fingerprint density at radius 2 is 2.12 bits per heavy atom. The van der Waals surface area contributed by atoms with Crippen LogP contribution in [0.5, 0.6) is 0 Å². The first-order valence-corrected chi connectivity index (χ1v) is 8.49. The molecule has 1 aromatic carbocycles. The number of nitrogens with one attached hydrogen (secondary N) is 2. The molecule has 0 aliphatic rings. The Labute approximate surface area is 151 Å². The van der Waals surface area contributed by atoms with E-state index in [0.717, 1.165) is 24.0 Å². The highest BCUT2D eigenvalue weighted by Gasteiger charge is 2.13. The number of aryl methyl sites for hydroxylation is 1. The first-order valence-electron chi connectivity index (χ1n) is 8.49. The largest absolute Gasteiger partial charge is 0.336 e. The summed E-state index contributed by atoms with van der Waals surface area (Å²) in [6.07, 6.45) is 2.90. The van der Waals surface area contributed by atoms with Gasteiger partial charge >= 0.3 is 0 Å². The van der Waals surface area contributed by atoms with Crippen LogP contribution in [0.1, 0.15) is 18.4 Å². The minimum Gasteiger partial charge on any atom is -0.336 e. The average Bonchev–Trinajstić information content (AvgIpc) is 2.99. The maximum Gasteiger partial charge on any atom is 0.224 e. The number of benzene rings is 1. The SMILES string of the molecule is Cc1cnc2nc(-c3cc(NC(=O)CCCN(C)C)ccc3F)[nH]c2c1. The Morgan fingerprint density at radius 3 is 2.88 bits per heavy atom. The van der Waals surface area contributed by atoms with E-state index in [4.69, 9.17) is 0 Å². The van der Waals surface area contributed by atoms with E-state index in [1.165, 1.54) is 6.07 Å². The molecule has 0 spiro atoms. The number of hydrogen-bond acceptors (Lipinski definition) is 4. The minimum absolute atomic E-state index is 0.0914. The summed E-state index contributed by atoms with van der Waals surface area (Å²) in [4.78, 5) is 25.8. The molecule has 0 atom stereocenters. The van der Waals surface area contributed by atoms with Crippen molar-refractivity contribution in [1.29, 1.82) is 0 Å². The van der Waals surface area contributed by atoms with Crippen LogP contribution in [0.15, 0.2) is 30.5 Å². The van der Waals surface area contributed by atoms with Gasteiger partial charge < -0.3 is 15.2 Å². The van der Waals surface area contributed by atoms with Gasteiger partial charge in [0.25, 0.3) is 0 Å². The standard InChI is InChI=1S/C19H22FN5O/c1-12-9-16-19(21-11-12)24-18(23-16)14-10-13(6-7-15(14)20)22-17(26)5-4-8-25(2)3/h6-7,9-11H,4-5,8H2,1-3H3,(H,22,26)(H,21,23,24). The van der Waals surface area contributed by atoms with Crippen LogP contribution in [0.3, 0.4) is 0 Å². The number of hydrogen-bond donors (Lipinski definition) is 2. The minimum atomic E-state index is -0.411. The van der Waals surface area contributed by atoms with E-state index in [9.17, 15) is 9.18 Å². The Kier molecular flexibility index (Phi) is 5.27. The smallest absolute Gasteiger partial charge is 0.224 e. The molecule has 0 aliphatic heterocycles. The zero-order valence-corrected chi connectivity index (χ0v) is 15.1. The quantitative estimate of drug-likeness (QED) is 0.711. The molecule has 0 bridgehead atoms. The number of H-pyrrole nitrogens is 1. The van der Waals surface area contributed by atoms with Crippen molar-refractivity contribution in [2.75, 3.05) is 26.0 Å². The number of anilines is 1. The average molecular weight is 355 g/mol. The zero-order chi connectivity index (χ0) is 18.7. The second-order valence-electron chi connectivity index (χ2n) is 6.62. The highest BCUT2D eigenvalue weighted by Crippen LogP contribution is 2.26. The molecule has 2 N–H and O–H groups in total. The molecule has 0 unspecified atom stereocenters. The third-order valence-electron chi connectivity index (χ3n) is 3.99. The van der Waals surface area contributed by atoms with Crippen LogP contribution in [0.2, 0.25) is 0 Å². The molecule has 0 saturated carbocycles. The van der Waals surface area contributed by atoms with E-state index >= 15 is 0 Å². The number of nitrogens with zero attached hydrogens (tertiary/aromatic N) is 3. The van der Waals surface area contributed by atoms with Crippen molar-refractivity contribution in [2.45, 2.75) is 19.8 Å². The number of aromatic nitrogens is 3. The lowest BCUT2D eigenvalue weighted by atomic mass is 10.1. The molecule has 3 aromatic rings. The zero-order valence-electron chi connectivity index (χ0n) is 15.1. The van der Waals surface area contributed by atoms with Crippen LogP contribution in [-0.2, 0) is 4.79 Å². The van der Waals surface area contributed by atoms with Crippen molar-refractivity contribution >= 4 is 22.8 Å². The molecule has 7 heteroatoms. The number of rotatable bonds is 6. The summed E-state index contributed by atoms with van der Waals surface area (Å²) in [5, 5.41) is 2.81. The van der Waals surface area contributed by atoms with Gasteiger partial charge in [0.2, 0.25) is 5.91 Å². The van der Waals surface area contributed by atoms with Gasteiger partial charge in [-0.05, 0) is 63.8 Å². The highest BCUT2D eigenvalue weighted by molar-refractivity contribution is 5.91. The molecule has 2 heterocycles. The van der Waals surface area contributed by atoms with Crippen LogP contribution >= 0.6 is 0 Å². The molecule has 0 aliphatic carbocycles. The summed E-state index contributed by atoms with van der Waals surface area (Å²) in [6.45, 7) is 2.77. The maximum absolute atomic E-state index is 14.3. The number of pyridine rings is 1. The van der Waals surface area contributed by atoms with Gasteiger partial charge in [-0.15, -0.1) is 0 Å². The Morgan fingerprint density at radius 1 is 1.31 bits per heavy atom. The van der Waals surface area contributed by atoms with Crippen molar-refractivity contribution in [2.24, 2.45) is 0 Å². The van der Waals surface area contributed by atoms with Gasteiger partial charge in [-0.25, -0.2) is 14.4 Å². The summed E-state index contributed by atoms with van der Waals surface area (Å²) >= 11 is 0. The predicted octanol–water partition coefficient (Wildman–Crippen LogP) is 3.35. The summed E-state index contributed by atoms with van der Waals surface area (Å²) in [6, 6.07) is 6.38. The van der Waals surface area contributed by atoms with Crippen LogP contribution in [-0.4, -0.2) is 46.4 Å². The topological polar surface area (TPSA) is 73.9 Å². The molecule has 26 heavy (non-hydrogen) atoms. The fourth-order valence-electron chi connectivity index (χ4n) is 2.70. The van der Waals surface area contributed by atoms with E-state index in [1.54, 1.807) is 18.3 Å². The molecule has 0 saturated heterocycles. The van der Waals surface area contributed by atoms with Gasteiger partial charge in [0, 0.05) is 18.3 Å². The van der Waals surface area contributed by atoms with Crippen molar-refractivity contribution in [1.82, 2.24) is 19.9 Å². The number of halogens is 1. The van der Waals surface area contributed by atoms with Gasteiger partial charge in [-0.2, -0.15) is 0 Å². The summed E-state index contributed by atoms with van der Waals surface area (Å²) in [5.74, 6) is -0.114. The lowest BCUT2D eigenvalue weighted by molar-refractivity contribution is -0.116. The highest BCUT2D eigenvalue weighted by atomic mass is 19.1. The molecular formula is C19H22FN5O. The lowest BCUT2D eigenvalue weighted by Crippen LogP contribution is -2.17. The van der Waals surface area contributed by atoms with Gasteiger partial charge in [0.15, 0.2) is 5.65 Å². The Balaban J connectivity index is 1.79. The van der Waals surface area contributed by atoms with E-state index in [-0.39, 0.29) is 5.91 Å². The fourth-order valence-corrected chi connectivity index (χ4v) is 2.70. The molecule has 2 aromatic heterocycles.